The molecule has 0 spiro atoms. The van der Waals surface area contributed by atoms with Crippen molar-refractivity contribution in [2.24, 2.45) is 5.92 Å². The molecule has 0 saturated heterocycles. The average molecular weight is 159 g/mol. The maximum atomic E-state index is 10.4. The smallest absolute Gasteiger partial charge is 0.307 e. The Morgan fingerprint density at radius 2 is 1.91 bits per heavy atom. The second kappa shape index (κ2) is 5.13. The third-order valence-electron chi connectivity index (χ3n) is 1.85. The van der Waals surface area contributed by atoms with Crippen LogP contribution in [0.2, 0.25) is 0 Å². The molecule has 0 heterocycles. The lowest BCUT2D eigenvalue weighted by Gasteiger charge is -2.19. The molecule has 0 aliphatic carbocycles. The van der Waals surface area contributed by atoms with Crippen LogP contribution < -0.4 is 0 Å². The highest BCUT2D eigenvalue weighted by Crippen LogP contribution is 1.98. The van der Waals surface area contributed by atoms with Gasteiger partial charge in [-0.25, -0.2) is 0 Å². The van der Waals surface area contributed by atoms with E-state index in [0.717, 1.165) is 13.1 Å². The van der Waals surface area contributed by atoms with Gasteiger partial charge in [0.1, 0.15) is 0 Å². The van der Waals surface area contributed by atoms with E-state index >= 15 is 0 Å². The third-order valence-corrected chi connectivity index (χ3v) is 1.85. The van der Waals surface area contributed by atoms with E-state index in [0.29, 0.717) is 6.54 Å². The van der Waals surface area contributed by atoms with Gasteiger partial charge in [-0.15, -0.1) is 0 Å². The molecule has 1 N–H and O–H groups in total. The number of hydrogen-bond acceptors (Lipinski definition) is 2. The highest BCUT2D eigenvalue weighted by molar-refractivity contribution is 5.69. The van der Waals surface area contributed by atoms with Gasteiger partial charge in [-0.05, 0) is 13.1 Å². The van der Waals surface area contributed by atoms with Crippen LogP contribution in [0.4, 0.5) is 0 Å². The molecule has 1 atom stereocenters. The Morgan fingerprint density at radius 3 is 2.18 bits per heavy atom. The summed E-state index contributed by atoms with van der Waals surface area (Å²) in [5.74, 6) is -0.966. The summed E-state index contributed by atoms with van der Waals surface area (Å²) in [6.45, 7) is 8.32. The predicted octanol–water partition coefficient (Wildman–Crippen LogP) is 1.05. The molecule has 0 aromatic carbocycles. The predicted molar refractivity (Wildman–Crippen MR) is 44.6 cm³/mol. The molecule has 0 rings (SSSR count). The highest BCUT2D eigenvalue weighted by atomic mass is 16.4. The first-order chi connectivity index (χ1) is 5.11. The number of nitrogens with zero attached hydrogens (tertiary/aromatic N) is 1. The molecule has 0 bridgehead atoms. The molecule has 0 radical (unpaired) electrons. The van der Waals surface area contributed by atoms with E-state index in [9.17, 15) is 4.79 Å². The molecule has 3 nitrogen and oxygen atoms in total. The Morgan fingerprint density at radius 1 is 1.45 bits per heavy atom. The van der Waals surface area contributed by atoms with Crippen LogP contribution in [-0.2, 0) is 4.79 Å². The molecule has 0 fully saturated rings. The standard InChI is InChI=1S/C8H17NO2/c1-4-9(5-2)6-7(3)8(10)11/h7H,4-6H2,1-3H3,(H,10,11). The van der Waals surface area contributed by atoms with Crippen molar-refractivity contribution >= 4 is 5.97 Å². The van der Waals surface area contributed by atoms with Crippen molar-refractivity contribution in [3.05, 3.63) is 0 Å². The first kappa shape index (κ1) is 10.4. The summed E-state index contributed by atoms with van der Waals surface area (Å²) in [6.07, 6.45) is 0. The van der Waals surface area contributed by atoms with E-state index in [1.807, 2.05) is 13.8 Å². The zero-order chi connectivity index (χ0) is 8.85. The number of carboxylic acids is 1. The van der Waals surface area contributed by atoms with Crippen molar-refractivity contribution in [2.75, 3.05) is 19.6 Å². The lowest BCUT2D eigenvalue weighted by molar-refractivity contribution is -0.141. The van der Waals surface area contributed by atoms with E-state index in [2.05, 4.69) is 4.90 Å². The number of aliphatic carboxylic acids is 1. The van der Waals surface area contributed by atoms with Crippen molar-refractivity contribution in [1.82, 2.24) is 4.90 Å². The maximum Gasteiger partial charge on any atom is 0.307 e. The summed E-state index contributed by atoms with van der Waals surface area (Å²) in [6, 6.07) is 0. The third kappa shape index (κ3) is 3.98. The van der Waals surface area contributed by atoms with E-state index in [1.54, 1.807) is 6.92 Å². The largest absolute Gasteiger partial charge is 0.481 e. The fourth-order valence-electron chi connectivity index (χ4n) is 0.947. The normalized spacial score (nSPS) is 13.5. The van der Waals surface area contributed by atoms with E-state index in [4.69, 9.17) is 5.11 Å². The van der Waals surface area contributed by atoms with Gasteiger partial charge in [0.15, 0.2) is 0 Å². The van der Waals surface area contributed by atoms with Crippen molar-refractivity contribution < 1.29 is 9.90 Å². The number of rotatable bonds is 5. The minimum absolute atomic E-state index is 0.255. The molecule has 3 heteroatoms. The average Bonchev–Trinajstić information content (AvgIpc) is 1.99. The lowest BCUT2D eigenvalue weighted by atomic mass is 10.2. The molecule has 0 amide bonds. The van der Waals surface area contributed by atoms with Gasteiger partial charge >= 0.3 is 5.97 Å². The van der Waals surface area contributed by atoms with Crippen LogP contribution in [0.25, 0.3) is 0 Å². The number of carbonyl (C=O) groups is 1. The van der Waals surface area contributed by atoms with Crippen LogP contribution in [0.15, 0.2) is 0 Å². The van der Waals surface area contributed by atoms with Crippen LogP contribution in [-0.4, -0.2) is 35.6 Å². The van der Waals surface area contributed by atoms with E-state index < -0.39 is 5.97 Å². The summed E-state index contributed by atoms with van der Waals surface area (Å²) in [7, 11) is 0. The molecule has 0 aliphatic heterocycles. The lowest BCUT2D eigenvalue weighted by Crippen LogP contribution is -2.31. The van der Waals surface area contributed by atoms with Crippen LogP contribution in [0, 0.1) is 5.92 Å². The Balaban J connectivity index is 3.71. The summed E-state index contributed by atoms with van der Waals surface area (Å²) in [5, 5.41) is 8.60. The zero-order valence-corrected chi connectivity index (χ0v) is 7.50. The zero-order valence-electron chi connectivity index (χ0n) is 7.50. The molecule has 0 aromatic rings. The summed E-state index contributed by atoms with van der Waals surface area (Å²) >= 11 is 0. The molecular formula is C8H17NO2. The fraction of sp³-hybridized carbons (Fsp3) is 0.875. The SMILES string of the molecule is CCN(CC)CC(C)C(=O)O. The molecule has 0 aromatic heterocycles. The van der Waals surface area contributed by atoms with Crippen molar-refractivity contribution in [3.8, 4) is 0 Å². The van der Waals surface area contributed by atoms with Crippen molar-refractivity contribution in [2.45, 2.75) is 20.8 Å². The Labute approximate surface area is 68.0 Å². The quantitative estimate of drug-likeness (QED) is 0.651. The van der Waals surface area contributed by atoms with E-state index in [-0.39, 0.29) is 5.92 Å². The molecule has 1 unspecified atom stereocenters. The monoisotopic (exact) mass is 159 g/mol. The van der Waals surface area contributed by atoms with Gasteiger partial charge < -0.3 is 10.0 Å². The van der Waals surface area contributed by atoms with Gasteiger partial charge in [0.2, 0.25) is 0 Å². The fourth-order valence-corrected chi connectivity index (χ4v) is 0.947. The van der Waals surface area contributed by atoms with E-state index in [1.165, 1.54) is 0 Å². The Hall–Kier alpha value is -0.570. The van der Waals surface area contributed by atoms with Crippen LogP contribution in [0.3, 0.4) is 0 Å². The second-order valence-corrected chi connectivity index (χ2v) is 2.73. The first-order valence-electron chi connectivity index (χ1n) is 4.06. The number of hydrogen-bond donors (Lipinski definition) is 1. The van der Waals surface area contributed by atoms with Gasteiger partial charge in [0, 0.05) is 6.54 Å². The second-order valence-electron chi connectivity index (χ2n) is 2.73. The van der Waals surface area contributed by atoms with Crippen LogP contribution in [0.1, 0.15) is 20.8 Å². The van der Waals surface area contributed by atoms with Gasteiger partial charge in [-0.1, -0.05) is 20.8 Å². The molecule has 11 heavy (non-hydrogen) atoms. The molecule has 66 valence electrons. The van der Waals surface area contributed by atoms with Gasteiger partial charge in [0.25, 0.3) is 0 Å². The summed E-state index contributed by atoms with van der Waals surface area (Å²) in [4.78, 5) is 12.5. The summed E-state index contributed by atoms with van der Waals surface area (Å²) < 4.78 is 0. The minimum atomic E-state index is -0.711. The Bertz CT molecular complexity index is 121. The highest BCUT2D eigenvalue weighted by Gasteiger charge is 2.13. The number of carboxylic acid groups (broad SMARTS) is 1. The molecular weight excluding hydrogens is 142 g/mol. The van der Waals surface area contributed by atoms with Gasteiger partial charge in [-0.3, -0.25) is 4.79 Å². The minimum Gasteiger partial charge on any atom is -0.481 e. The van der Waals surface area contributed by atoms with Gasteiger partial charge in [0.05, 0.1) is 5.92 Å². The van der Waals surface area contributed by atoms with Crippen LogP contribution >= 0.6 is 0 Å². The Kier molecular flexibility index (Phi) is 4.86. The topological polar surface area (TPSA) is 40.5 Å². The molecule has 0 aliphatic rings. The summed E-state index contributed by atoms with van der Waals surface area (Å²) in [5.41, 5.74) is 0. The molecule has 0 saturated carbocycles. The van der Waals surface area contributed by atoms with Gasteiger partial charge in [-0.2, -0.15) is 0 Å². The first-order valence-corrected chi connectivity index (χ1v) is 4.06. The van der Waals surface area contributed by atoms with Crippen LogP contribution in [0.5, 0.6) is 0 Å². The van der Waals surface area contributed by atoms with Crippen molar-refractivity contribution in [1.29, 1.82) is 0 Å². The maximum absolute atomic E-state index is 10.4. The van der Waals surface area contributed by atoms with Crippen molar-refractivity contribution in [3.63, 3.8) is 0 Å².